The largest absolute Gasteiger partial charge is 0.481 e. The molecule has 1 N–H and O–H groups in total. The molecule has 0 spiro atoms. The fraction of sp³-hybridized carbons (Fsp3) is 0.875. The van der Waals surface area contributed by atoms with Gasteiger partial charge in [0, 0.05) is 13.1 Å². The average molecular weight is 283 g/mol. The number of rotatable bonds is 10. The minimum atomic E-state index is -0.809. The lowest BCUT2D eigenvalue weighted by atomic mass is 9.73. The minimum Gasteiger partial charge on any atom is -0.481 e. The maximum Gasteiger partial charge on any atom is 0.307 e. The van der Waals surface area contributed by atoms with E-state index >= 15 is 0 Å². The van der Waals surface area contributed by atoms with E-state index in [-0.39, 0.29) is 11.8 Å². The van der Waals surface area contributed by atoms with Crippen LogP contribution >= 0.6 is 0 Å². The van der Waals surface area contributed by atoms with Crippen molar-refractivity contribution in [2.24, 2.45) is 11.8 Å². The first-order valence-electron chi connectivity index (χ1n) is 8.13. The van der Waals surface area contributed by atoms with E-state index in [1.807, 2.05) is 4.90 Å². The van der Waals surface area contributed by atoms with E-state index in [0.717, 1.165) is 58.0 Å². The first-order chi connectivity index (χ1) is 9.61. The fourth-order valence-corrected chi connectivity index (χ4v) is 2.76. The highest BCUT2D eigenvalue weighted by Gasteiger charge is 2.42. The second-order valence-corrected chi connectivity index (χ2v) is 5.87. The summed E-state index contributed by atoms with van der Waals surface area (Å²) in [6, 6.07) is 0. The Hall–Kier alpha value is -1.06. The van der Waals surface area contributed by atoms with E-state index in [1.165, 1.54) is 0 Å². The number of amides is 1. The Morgan fingerprint density at radius 1 is 0.950 bits per heavy atom. The molecule has 1 rings (SSSR count). The number of unbranched alkanes of at least 4 members (excludes halogenated alkanes) is 4. The lowest BCUT2D eigenvalue weighted by molar-refractivity contribution is -0.156. The van der Waals surface area contributed by atoms with Gasteiger partial charge in [0.05, 0.1) is 11.8 Å². The number of nitrogens with zero attached hydrogens (tertiary/aromatic N) is 1. The first-order valence-corrected chi connectivity index (χ1v) is 8.13. The summed E-state index contributed by atoms with van der Waals surface area (Å²) in [5, 5.41) is 9.09. The summed E-state index contributed by atoms with van der Waals surface area (Å²) in [5.74, 6) is -1.44. The van der Waals surface area contributed by atoms with E-state index in [2.05, 4.69) is 13.8 Å². The summed E-state index contributed by atoms with van der Waals surface area (Å²) in [6.45, 7) is 5.88. The van der Waals surface area contributed by atoms with E-state index in [9.17, 15) is 9.59 Å². The van der Waals surface area contributed by atoms with Crippen LogP contribution in [0.2, 0.25) is 0 Å². The molecule has 0 bridgehead atoms. The van der Waals surface area contributed by atoms with Crippen molar-refractivity contribution >= 4 is 11.9 Å². The molecule has 1 amide bonds. The summed E-state index contributed by atoms with van der Waals surface area (Å²) in [5.41, 5.74) is 0. The molecule has 1 fully saturated rings. The van der Waals surface area contributed by atoms with Gasteiger partial charge in [-0.05, 0) is 25.7 Å². The molecule has 0 radical (unpaired) electrons. The van der Waals surface area contributed by atoms with Gasteiger partial charge in [-0.15, -0.1) is 0 Å². The Labute approximate surface area is 122 Å². The van der Waals surface area contributed by atoms with Gasteiger partial charge in [0.2, 0.25) is 5.91 Å². The van der Waals surface area contributed by atoms with E-state index in [1.54, 1.807) is 0 Å². The van der Waals surface area contributed by atoms with Gasteiger partial charge in [0.1, 0.15) is 0 Å². The third-order valence-electron chi connectivity index (χ3n) is 4.28. The Morgan fingerprint density at radius 3 is 1.80 bits per heavy atom. The van der Waals surface area contributed by atoms with Crippen LogP contribution in [0.25, 0.3) is 0 Å². The summed E-state index contributed by atoms with van der Waals surface area (Å²) >= 11 is 0. The van der Waals surface area contributed by atoms with Gasteiger partial charge >= 0.3 is 5.97 Å². The van der Waals surface area contributed by atoms with Crippen molar-refractivity contribution in [3.05, 3.63) is 0 Å². The van der Waals surface area contributed by atoms with Crippen LogP contribution in [0.3, 0.4) is 0 Å². The Kier molecular flexibility index (Phi) is 7.63. The number of carboxylic acids is 1. The van der Waals surface area contributed by atoms with Gasteiger partial charge in [-0.1, -0.05) is 39.5 Å². The molecule has 4 nitrogen and oxygen atoms in total. The second kappa shape index (κ2) is 8.98. The third-order valence-corrected chi connectivity index (χ3v) is 4.28. The van der Waals surface area contributed by atoms with Crippen LogP contribution in [-0.2, 0) is 9.59 Å². The van der Waals surface area contributed by atoms with Crippen LogP contribution in [0.15, 0.2) is 0 Å². The van der Waals surface area contributed by atoms with Gasteiger partial charge in [-0.3, -0.25) is 9.59 Å². The molecule has 1 aliphatic carbocycles. The summed E-state index contributed by atoms with van der Waals surface area (Å²) in [4.78, 5) is 25.5. The van der Waals surface area contributed by atoms with Crippen molar-refractivity contribution in [1.82, 2.24) is 4.90 Å². The average Bonchev–Trinajstić information content (AvgIpc) is 2.35. The molecule has 116 valence electrons. The lowest BCUT2D eigenvalue weighted by Crippen LogP contribution is -2.46. The highest BCUT2D eigenvalue weighted by molar-refractivity contribution is 5.86. The zero-order valence-corrected chi connectivity index (χ0v) is 12.9. The zero-order valence-electron chi connectivity index (χ0n) is 12.9. The van der Waals surface area contributed by atoms with E-state index in [0.29, 0.717) is 6.42 Å². The van der Waals surface area contributed by atoms with Gasteiger partial charge in [-0.25, -0.2) is 0 Å². The van der Waals surface area contributed by atoms with Crippen molar-refractivity contribution in [3.8, 4) is 0 Å². The lowest BCUT2D eigenvalue weighted by Gasteiger charge is -2.36. The number of hydrogen-bond acceptors (Lipinski definition) is 2. The molecule has 1 aliphatic rings. The smallest absolute Gasteiger partial charge is 0.307 e. The normalized spacial score (nSPS) is 21.3. The van der Waals surface area contributed by atoms with Gasteiger partial charge in [0.15, 0.2) is 0 Å². The van der Waals surface area contributed by atoms with Crippen LogP contribution in [0.1, 0.15) is 65.2 Å². The Bertz CT molecular complexity index is 307. The SMILES string of the molecule is CCCCCN(CCCCC)C(=O)C1CCC1C(=O)O. The van der Waals surface area contributed by atoms with Crippen molar-refractivity contribution in [3.63, 3.8) is 0 Å². The second-order valence-electron chi connectivity index (χ2n) is 5.87. The molecule has 0 heterocycles. The predicted molar refractivity (Wildman–Crippen MR) is 79.5 cm³/mol. The fourth-order valence-electron chi connectivity index (χ4n) is 2.76. The predicted octanol–water partition coefficient (Wildman–Crippen LogP) is 3.31. The van der Waals surface area contributed by atoms with Gasteiger partial charge in [-0.2, -0.15) is 0 Å². The molecule has 1 saturated carbocycles. The van der Waals surface area contributed by atoms with Crippen molar-refractivity contribution in [2.45, 2.75) is 65.2 Å². The molecule has 0 aromatic rings. The molecule has 2 unspecified atom stereocenters. The van der Waals surface area contributed by atoms with E-state index < -0.39 is 11.9 Å². The Balaban J connectivity index is 2.51. The number of carbonyl (C=O) groups excluding carboxylic acids is 1. The first kappa shape index (κ1) is 17.0. The number of hydrogen-bond donors (Lipinski definition) is 1. The van der Waals surface area contributed by atoms with Crippen LogP contribution in [0.5, 0.6) is 0 Å². The molecule has 20 heavy (non-hydrogen) atoms. The highest BCUT2D eigenvalue weighted by atomic mass is 16.4. The van der Waals surface area contributed by atoms with Crippen LogP contribution in [0, 0.1) is 11.8 Å². The summed E-state index contributed by atoms with van der Waals surface area (Å²) in [7, 11) is 0. The minimum absolute atomic E-state index is 0.0795. The standard InChI is InChI=1S/C16H29NO3/c1-3-5-7-11-17(12-8-6-4-2)15(18)13-9-10-14(13)16(19)20/h13-14H,3-12H2,1-2H3,(H,19,20). The van der Waals surface area contributed by atoms with Crippen molar-refractivity contribution in [1.29, 1.82) is 0 Å². The Morgan fingerprint density at radius 2 is 1.45 bits per heavy atom. The van der Waals surface area contributed by atoms with Gasteiger partial charge in [0.25, 0.3) is 0 Å². The van der Waals surface area contributed by atoms with E-state index in [4.69, 9.17) is 5.11 Å². The molecule has 0 aromatic heterocycles. The van der Waals surface area contributed by atoms with Gasteiger partial charge < -0.3 is 10.0 Å². The monoisotopic (exact) mass is 283 g/mol. The third kappa shape index (κ3) is 4.80. The topological polar surface area (TPSA) is 57.6 Å². The van der Waals surface area contributed by atoms with Crippen LogP contribution in [0.4, 0.5) is 0 Å². The summed E-state index contributed by atoms with van der Waals surface area (Å²) in [6.07, 6.45) is 7.99. The number of carbonyl (C=O) groups is 2. The summed E-state index contributed by atoms with van der Waals surface area (Å²) < 4.78 is 0. The van der Waals surface area contributed by atoms with Crippen molar-refractivity contribution < 1.29 is 14.7 Å². The molecular weight excluding hydrogens is 254 g/mol. The van der Waals surface area contributed by atoms with Crippen LogP contribution in [-0.4, -0.2) is 35.0 Å². The molecule has 0 aliphatic heterocycles. The molecular formula is C16H29NO3. The maximum absolute atomic E-state index is 12.5. The number of carboxylic acid groups (broad SMARTS) is 1. The quantitative estimate of drug-likeness (QED) is 0.626. The highest BCUT2D eigenvalue weighted by Crippen LogP contribution is 2.36. The number of aliphatic carboxylic acids is 1. The van der Waals surface area contributed by atoms with Crippen LogP contribution < -0.4 is 0 Å². The van der Waals surface area contributed by atoms with Crippen molar-refractivity contribution in [2.75, 3.05) is 13.1 Å². The maximum atomic E-state index is 12.5. The molecule has 0 aromatic carbocycles. The molecule has 2 atom stereocenters. The molecule has 0 saturated heterocycles. The molecule has 4 heteroatoms. The zero-order chi connectivity index (χ0) is 15.0.